The maximum atomic E-state index is 11.8. The molecule has 94 valence electrons. The first kappa shape index (κ1) is 12.1. The summed E-state index contributed by atoms with van der Waals surface area (Å²) >= 11 is 0. The Morgan fingerprint density at radius 1 is 1.44 bits per heavy atom. The lowest BCUT2D eigenvalue weighted by Crippen LogP contribution is -2.20. The van der Waals surface area contributed by atoms with Crippen molar-refractivity contribution in [3.63, 3.8) is 0 Å². The molecule has 6 nitrogen and oxygen atoms in total. The number of hydrogen-bond acceptors (Lipinski definition) is 4. The lowest BCUT2D eigenvalue weighted by atomic mass is 10.1. The average Bonchev–Trinajstić information content (AvgIpc) is 2.68. The number of aromatic nitrogens is 3. The lowest BCUT2D eigenvalue weighted by Gasteiger charge is -2.08. The van der Waals surface area contributed by atoms with Crippen LogP contribution in [-0.2, 0) is 11.3 Å². The standard InChI is InChI=1S/C12H15N5O/c1-8-3-4-10(9(2)5-8)15-12(18)7-17-14-6-11(13)16-17/h3-6H,7H2,1-2H3,(H2,13,16)(H,15,18). The topological polar surface area (TPSA) is 85.8 Å². The van der Waals surface area contributed by atoms with Gasteiger partial charge in [-0.1, -0.05) is 17.7 Å². The Balaban J connectivity index is 2.03. The summed E-state index contributed by atoms with van der Waals surface area (Å²) in [6.45, 7) is 4.01. The first-order chi connectivity index (χ1) is 8.54. The summed E-state index contributed by atoms with van der Waals surface area (Å²) in [5.74, 6) is 0.117. The molecular formula is C12H15N5O. The Bertz CT molecular complexity index is 576. The highest BCUT2D eigenvalue weighted by molar-refractivity contribution is 5.91. The molecule has 2 aromatic rings. The minimum atomic E-state index is -0.183. The van der Waals surface area contributed by atoms with Gasteiger partial charge >= 0.3 is 0 Å². The van der Waals surface area contributed by atoms with E-state index < -0.39 is 0 Å². The smallest absolute Gasteiger partial charge is 0.247 e. The number of amides is 1. The van der Waals surface area contributed by atoms with Gasteiger partial charge in [0.15, 0.2) is 5.82 Å². The third kappa shape index (κ3) is 2.85. The summed E-state index contributed by atoms with van der Waals surface area (Å²) in [7, 11) is 0. The molecule has 0 bridgehead atoms. The Morgan fingerprint density at radius 3 is 2.83 bits per heavy atom. The molecule has 2 rings (SSSR count). The fourth-order valence-electron chi connectivity index (χ4n) is 1.66. The van der Waals surface area contributed by atoms with Crippen molar-refractivity contribution in [2.75, 3.05) is 11.1 Å². The van der Waals surface area contributed by atoms with Crippen LogP contribution in [0.3, 0.4) is 0 Å². The van der Waals surface area contributed by atoms with Crippen molar-refractivity contribution in [1.82, 2.24) is 15.0 Å². The molecule has 0 spiro atoms. The minimum absolute atomic E-state index is 0.0461. The molecule has 18 heavy (non-hydrogen) atoms. The molecule has 0 fully saturated rings. The van der Waals surface area contributed by atoms with E-state index in [2.05, 4.69) is 15.5 Å². The predicted octanol–water partition coefficient (Wildman–Crippen LogP) is 1.12. The largest absolute Gasteiger partial charge is 0.381 e. The fraction of sp³-hybridized carbons (Fsp3) is 0.250. The Kier molecular flexibility index (Phi) is 3.27. The molecule has 3 N–H and O–H groups in total. The van der Waals surface area contributed by atoms with E-state index >= 15 is 0 Å². The molecule has 0 aliphatic rings. The summed E-state index contributed by atoms with van der Waals surface area (Å²) in [6.07, 6.45) is 1.41. The monoisotopic (exact) mass is 245 g/mol. The molecule has 1 amide bonds. The Morgan fingerprint density at radius 2 is 2.22 bits per heavy atom. The van der Waals surface area contributed by atoms with Crippen molar-refractivity contribution < 1.29 is 4.79 Å². The van der Waals surface area contributed by atoms with E-state index in [1.54, 1.807) is 0 Å². The fourth-order valence-corrected chi connectivity index (χ4v) is 1.66. The first-order valence-corrected chi connectivity index (χ1v) is 5.57. The van der Waals surface area contributed by atoms with Crippen molar-refractivity contribution in [3.05, 3.63) is 35.5 Å². The minimum Gasteiger partial charge on any atom is -0.381 e. The molecule has 6 heteroatoms. The van der Waals surface area contributed by atoms with Gasteiger partial charge in [0.25, 0.3) is 0 Å². The number of benzene rings is 1. The lowest BCUT2D eigenvalue weighted by molar-refractivity contribution is -0.117. The molecule has 0 aliphatic heterocycles. The van der Waals surface area contributed by atoms with Gasteiger partial charge in [-0.15, -0.1) is 5.10 Å². The van der Waals surface area contributed by atoms with Crippen molar-refractivity contribution in [2.45, 2.75) is 20.4 Å². The third-order valence-corrected chi connectivity index (χ3v) is 2.50. The van der Waals surface area contributed by atoms with Gasteiger partial charge in [-0.25, -0.2) is 0 Å². The van der Waals surface area contributed by atoms with Crippen molar-refractivity contribution in [2.24, 2.45) is 0 Å². The van der Waals surface area contributed by atoms with E-state index in [-0.39, 0.29) is 12.5 Å². The number of rotatable bonds is 3. The van der Waals surface area contributed by atoms with E-state index in [1.165, 1.54) is 11.0 Å². The maximum Gasteiger partial charge on any atom is 0.247 e. The van der Waals surface area contributed by atoms with Crippen LogP contribution >= 0.6 is 0 Å². The predicted molar refractivity (Wildman–Crippen MR) is 69.0 cm³/mol. The SMILES string of the molecule is Cc1ccc(NC(=O)Cn2ncc(N)n2)c(C)c1. The molecule has 1 aromatic heterocycles. The van der Waals surface area contributed by atoms with Gasteiger partial charge in [0.05, 0.1) is 6.20 Å². The van der Waals surface area contributed by atoms with Crippen LogP contribution in [0.25, 0.3) is 0 Å². The summed E-state index contributed by atoms with van der Waals surface area (Å²) in [5.41, 5.74) is 8.40. The second-order valence-electron chi connectivity index (χ2n) is 4.17. The number of anilines is 2. The van der Waals surface area contributed by atoms with Gasteiger partial charge in [-0.3, -0.25) is 4.79 Å². The Labute approximate surface area is 105 Å². The summed E-state index contributed by atoms with van der Waals surface area (Å²) < 4.78 is 0. The normalized spacial score (nSPS) is 10.3. The molecule has 0 atom stereocenters. The molecule has 1 aromatic carbocycles. The molecular weight excluding hydrogens is 230 g/mol. The zero-order valence-electron chi connectivity index (χ0n) is 10.3. The van der Waals surface area contributed by atoms with E-state index in [4.69, 9.17) is 5.73 Å². The molecule has 0 saturated carbocycles. The number of nitrogens with one attached hydrogen (secondary N) is 1. The number of nitrogen functional groups attached to an aromatic ring is 1. The van der Waals surface area contributed by atoms with Crippen LogP contribution < -0.4 is 11.1 Å². The van der Waals surface area contributed by atoms with Gasteiger partial charge in [-0.05, 0) is 25.5 Å². The number of nitrogens with zero attached hydrogens (tertiary/aromatic N) is 3. The number of carbonyl (C=O) groups excluding carboxylic acids is 1. The number of aryl methyl sites for hydroxylation is 2. The van der Waals surface area contributed by atoms with E-state index in [0.29, 0.717) is 5.82 Å². The van der Waals surface area contributed by atoms with Crippen molar-refractivity contribution >= 4 is 17.4 Å². The van der Waals surface area contributed by atoms with Gasteiger partial charge in [0.2, 0.25) is 5.91 Å². The van der Waals surface area contributed by atoms with Crippen LogP contribution in [0.1, 0.15) is 11.1 Å². The molecule has 0 unspecified atom stereocenters. The van der Waals surface area contributed by atoms with E-state index in [0.717, 1.165) is 16.8 Å². The second-order valence-corrected chi connectivity index (χ2v) is 4.17. The highest BCUT2D eigenvalue weighted by Gasteiger charge is 2.07. The van der Waals surface area contributed by atoms with Crippen molar-refractivity contribution in [3.8, 4) is 0 Å². The van der Waals surface area contributed by atoms with Crippen LogP contribution in [0, 0.1) is 13.8 Å². The van der Waals surface area contributed by atoms with Crippen LogP contribution in [0.15, 0.2) is 24.4 Å². The zero-order chi connectivity index (χ0) is 13.1. The second kappa shape index (κ2) is 4.87. The molecule has 1 heterocycles. The zero-order valence-corrected chi connectivity index (χ0v) is 10.3. The van der Waals surface area contributed by atoms with Crippen LogP contribution in [-0.4, -0.2) is 20.9 Å². The van der Waals surface area contributed by atoms with Gasteiger partial charge in [-0.2, -0.15) is 9.90 Å². The van der Waals surface area contributed by atoms with E-state index in [1.807, 2.05) is 32.0 Å². The summed E-state index contributed by atoms with van der Waals surface area (Å²) in [5, 5.41) is 10.5. The maximum absolute atomic E-state index is 11.8. The third-order valence-electron chi connectivity index (χ3n) is 2.50. The molecule has 0 saturated heterocycles. The van der Waals surface area contributed by atoms with Gasteiger partial charge < -0.3 is 11.1 Å². The van der Waals surface area contributed by atoms with Crippen LogP contribution in [0.4, 0.5) is 11.5 Å². The van der Waals surface area contributed by atoms with Crippen molar-refractivity contribution in [1.29, 1.82) is 0 Å². The first-order valence-electron chi connectivity index (χ1n) is 5.57. The highest BCUT2D eigenvalue weighted by atomic mass is 16.2. The number of hydrogen-bond donors (Lipinski definition) is 2. The average molecular weight is 245 g/mol. The summed E-state index contributed by atoms with van der Waals surface area (Å²) in [4.78, 5) is 13.0. The van der Waals surface area contributed by atoms with Gasteiger partial charge in [0, 0.05) is 5.69 Å². The van der Waals surface area contributed by atoms with Gasteiger partial charge in [0.1, 0.15) is 6.54 Å². The van der Waals surface area contributed by atoms with E-state index in [9.17, 15) is 4.79 Å². The molecule has 0 aliphatic carbocycles. The van der Waals surface area contributed by atoms with Crippen LogP contribution in [0.5, 0.6) is 0 Å². The Hall–Kier alpha value is -2.37. The number of carbonyl (C=O) groups is 1. The highest BCUT2D eigenvalue weighted by Crippen LogP contribution is 2.15. The molecule has 0 radical (unpaired) electrons. The van der Waals surface area contributed by atoms with Crippen LogP contribution in [0.2, 0.25) is 0 Å². The quantitative estimate of drug-likeness (QED) is 0.848. The number of nitrogens with two attached hydrogens (primary N) is 1. The summed E-state index contributed by atoms with van der Waals surface area (Å²) in [6, 6.07) is 5.85.